The summed E-state index contributed by atoms with van der Waals surface area (Å²) in [4.78, 5) is 11.9. The fourth-order valence-electron chi connectivity index (χ4n) is 4.75. The number of anilines is 1. The molecule has 2 N–H and O–H groups in total. The van der Waals surface area contributed by atoms with Gasteiger partial charge in [-0.05, 0) is 44.0 Å². The molecule has 2 fully saturated rings. The minimum atomic E-state index is 0.535. The number of hydrogen-bond acceptors (Lipinski definition) is 5. The summed E-state index contributed by atoms with van der Waals surface area (Å²) >= 11 is 0. The molecular formula is C22H28N6. The number of nitrogens with zero attached hydrogens (tertiary/aromatic N) is 4. The lowest BCUT2D eigenvalue weighted by molar-refractivity contribution is 0.437. The number of fused-ring (bicyclic) bond motifs is 1. The molecule has 2 aliphatic rings. The second kappa shape index (κ2) is 7.51. The number of rotatable bonds is 4. The van der Waals surface area contributed by atoms with Gasteiger partial charge in [-0.15, -0.1) is 0 Å². The van der Waals surface area contributed by atoms with Gasteiger partial charge in [-0.2, -0.15) is 5.10 Å². The average molecular weight is 377 g/mol. The molecule has 0 bridgehead atoms. The van der Waals surface area contributed by atoms with Crippen molar-refractivity contribution in [3.63, 3.8) is 0 Å². The first-order chi connectivity index (χ1) is 13.8. The van der Waals surface area contributed by atoms with E-state index in [0.29, 0.717) is 12.0 Å². The zero-order chi connectivity index (χ0) is 18.9. The maximum Gasteiger partial charge on any atom is 0.147 e. The molecule has 6 heteroatoms. The Labute approximate surface area is 165 Å². The zero-order valence-electron chi connectivity index (χ0n) is 16.5. The Balaban J connectivity index is 1.47. The van der Waals surface area contributed by atoms with Crippen molar-refractivity contribution in [1.29, 1.82) is 0 Å². The van der Waals surface area contributed by atoms with Crippen LogP contribution in [0.4, 0.5) is 5.82 Å². The molecule has 28 heavy (non-hydrogen) atoms. The number of benzene rings is 1. The molecule has 1 unspecified atom stereocenters. The van der Waals surface area contributed by atoms with Gasteiger partial charge in [0.2, 0.25) is 0 Å². The van der Waals surface area contributed by atoms with Crippen LogP contribution in [0, 0.1) is 0 Å². The number of aromatic nitrogens is 4. The highest BCUT2D eigenvalue weighted by Crippen LogP contribution is 2.37. The molecule has 2 aromatic heterocycles. The second-order valence-electron chi connectivity index (χ2n) is 8.18. The van der Waals surface area contributed by atoms with Crippen molar-refractivity contribution >= 4 is 16.9 Å². The van der Waals surface area contributed by atoms with E-state index in [1.165, 1.54) is 48.9 Å². The van der Waals surface area contributed by atoms with E-state index in [4.69, 9.17) is 4.98 Å². The lowest BCUT2D eigenvalue weighted by Crippen LogP contribution is -2.29. The summed E-state index contributed by atoms with van der Waals surface area (Å²) in [5, 5.41) is 11.0. The van der Waals surface area contributed by atoms with Crippen molar-refractivity contribution in [2.45, 2.75) is 50.5 Å². The molecule has 146 valence electrons. The van der Waals surface area contributed by atoms with Crippen molar-refractivity contribution < 1.29 is 0 Å². The first-order valence-corrected chi connectivity index (χ1v) is 10.5. The zero-order valence-corrected chi connectivity index (χ0v) is 16.5. The third-order valence-corrected chi connectivity index (χ3v) is 6.44. The van der Waals surface area contributed by atoms with Gasteiger partial charge in [-0.25, -0.2) is 4.98 Å². The van der Waals surface area contributed by atoms with E-state index >= 15 is 0 Å². The van der Waals surface area contributed by atoms with E-state index in [1.54, 1.807) is 0 Å². The van der Waals surface area contributed by atoms with E-state index in [1.807, 2.05) is 19.4 Å². The first-order valence-electron chi connectivity index (χ1n) is 10.5. The Bertz CT molecular complexity index is 959. The molecular weight excluding hydrogens is 348 g/mol. The minimum absolute atomic E-state index is 0.535. The summed E-state index contributed by atoms with van der Waals surface area (Å²) in [5.74, 6) is 1.57. The summed E-state index contributed by atoms with van der Waals surface area (Å²) in [6.07, 6.45) is 11.5. The van der Waals surface area contributed by atoms with Gasteiger partial charge in [0, 0.05) is 36.3 Å². The molecule has 5 rings (SSSR count). The molecule has 1 saturated carbocycles. The average Bonchev–Trinajstić information content (AvgIpc) is 3.43. The van der Waals surface area contributed by atoms with Crippen LogP contribution in [0.25, 0.3) is 22.2 Å². The molecule has 0 radical (unpaired) electrons. The van der Waals surface area contributed by atoms with Crippen molar-refractivity contribution in [1.82, 2.24) is 25.5 Å². The maximum atomic E-state index is 4.94. The third kappa shape index (κ3) is 3.26. The van der Waals surface area contributed by atoms with Gasteiger partial charge in [0.15, 0.2) is 0 Å². The van der Waals surface area contributed by atoms with Gasteiger partial charge < -0.3 is 10.2 Å². The minimum Gasteiger partial charge on any atom is -0.354 e. The van der Waals surface area contributed by atoms with Gasteiger partial charge in [0.05, 0.1) is 23.4 Å². The predicted octanol–water partition coefficient (Wildman–Crippen LogP) is 3.87. The predicted molar refractivity (Wildman–Crippen MR) is 113 cm³/mol. The smallest absolute Gasteiger partial charge is 0.147 e. The molecule has 1 atom stereocenters. The molecule has 3 aromatic rings. The summed E-state index contributed by atoms with van der Waals surface area (Å²) in [5.41, 5.74) is 5.60. The van der Waals surface area contributed by atoms with Crippen molar-refractivity contribution in [2.24, 2.45) is 0 Å². The first kappa shape index (κ1) is 17.6. The van der Waals surface area contributed by atoms with Crippen LogP contribution in [-0.4, -0.2) is 46.3 Å². The standard InChI is InChI=1S/C22H28N6/c1-23-17-9-10-28(14-17)21-13-24-19-8-7-16(11-20(19)26-21)18-12-25-27-22(18)15-5-3-2-4-6-15/h7-8,11-13,15,17,23H,2-6,9-10,14H2,1H3,(H,25,27). The molecule has 1 aliphatic heterocycles. The normalized spacial score (nSPS) is 20.9. The fourth-order valence-corrected chi connectivity index (χ4v) is 4.75. The Kier molecular flexibility index (Phi) is 4.72. The number of H-pyrrole nitrogens is 1. The Morgan fingerprint density at radius 3 is 2.79 bits per heavy atom. The van der Waals surface area contributed by atoms with E-state index in [2.05, 4.69) is 43.6 Å². The van der Waals surface area contributed by atoms with Crippen LogP contribution in [0.5, 0.6) is 0 Å². The molecule has 1 aromatic carbocycles. The molecule has 3 heterocycles. The van der Waals surface area contributed by atoms with Crippen LogP contribution >= 0.6 is 0 Å². The van der Waals surface area contributed by atoms with Crippen LogP contribution in [0.15, 0.2) is 30.6 Å². The van der Waals surface area contributed by atoms with Crippen LogP contribution in [0.1, 0.15) is 50.1 Å². The van der Waals surface area contributed by atoms with E-state index < -0.39 is 0 Å². The van der Waals surface area contributed by atoms with E-state index in [0.717, 1.165) is 36.4 Å². The Morgan fingerprint density at radius 1 is 1.07 bits per heavy atom. The topological polar surface area (TPSA) is 69.7 Å². The van der Waals surface area contributed by atoms with E-state index in [-0.39, 0.29) is 0 Å². The molecule has 6 nitrogen and oxygen atoms in total. The Hall–Kier alpha value is -2.47. The van der Waals surface area contributed by atoms with Crippen LogP contribution in [0.3, 0.4) is 0 Å². The quantitative estimate of drug-likeness (QED) is 0.723. The number of nitrogens with one attached hydrogen (secondary N) is 2. The maximum absolute atomic E-state index is 4.94. The highest BCUT2D eigenvalue weighted by molar-refractivity contribution is 5.82. The molecule has 1 saturated heterocycles. The lowest BCUT2D eigenvalue weighted by Gasteiger charge is -2.21. The molecule has 0 spiro atoms. The highest BCUT2D eigenvalue weighted by Gasteiger charge is 2.23. The highest BCUT2D eigenvalue weighted by atomic mass is 15.2. The summed E-state index contributed by atoms with van der Waals surface area (Å²) in [6.45, 7) is 2.02. The second-order valence-corrected chi connectivity index (χ2v) is 8.18. The Morgan fingerprint density at radius 2 is 1.96 bits per heavy atom. The largest absolute Gasteiger partial charge is 0.354 e. The van der Waals surface area contributed by atoms with Gasteiger partial charge >= 0.3 is 0 Å². The van der Waals surface area contributed by atoms with Crippen LogP contribution in [0.2, 0.25) is 0 Å². The van der Waals surface area contributed by atoms with Gasteiger partial charge in [0.25, 0.3) is 0 Å². The number of hydrogen-bond donors (Lipinski definition) is 2. The third-order valence-electron chi connectivity index (χ3n) is 6.44. The van der Waals surface area contributed by atoms with E-state index in [9.17, 15) is 0 Å². The number of aromatic amines is 1. The van der Waals surface area contributed by atoms with Crippen LogP contribution in [-0.2, 0) is 0 Å². The summed E-state index contributed by atoms with van der Waals surface area (Å²) in [7, 11) is 2.03. The monoisotopic (exact) mass is 376 g/mol. The van der Waals surface area contributed by atoms with Crippen molar-refractivity contribution in [2.75, 3.05) is 25.0 Å². The van der Waals surface area contributed by atoms with Gasteiger partial charge in [0.1, 0.15) is 5.82 Å². The summed E-state index contributed by atoms with van der Waals surface area (Å²) < 4.78 is 0. The van der Waals surface area contributed by atoms with Crippen molar-refractivity contribution in [3.8, 4) is 11.1 Å². The summed E-state index contributed by atoms with van der Waals surface area (Å²) in [6, 6.07) is 6.95. The van der Waals surface area contributed by atoms with Gasteiger partial charge in [-0.3, -0.25) is 10.1 Å². The van der Waals surface area contributed by atoms with Gasteiger partial charge in [-0.1, -0.05) is 25.3 Å². The van der Waals surface area contributed by atoms with Crippen LogP contribution < -0.4 is 10.2 Å². The fraction of sp³-hybridized carbons (Fsp3) is 0.500. The SMILES string of the molecule is CNC1CCN(c2cnc3ccc(-c4cn[nH]c4C4CCCCC4)cc3n2)C1. The van der Waals surface area contributed by atoms with Crippen molar-refractivity contribution in [3.05, 3.63) is 36.3 Å². The molecule has 0 amide bonds. The lowest BCUT2D eigenvalue weighted by atomic mass is 9.84. The number of likely N-dealkylation sites (N-methyl/N-ethyl adjacent to an activating group) is 1. The molecule has 1 aliphatic carbocycles.